The van der Waals surface area contributed by atoms with Crippen LogP contribution >= 0.6 is 0 Å². The molecule has 1 amide bonds. The molecule has 0 spiro atoms. The van der Waals surface area contributed by atoms with Gasteiger partial charge in [-0.3, -0.25) is 9.48 Å². The molecule has 8 nitrogen and oxygen atoms in total. The van der Waals surface area contributed by atoms with E-state index in [2.05, 4.69) is 44.3 Å². The molecule has 1 saturated heterocycles. The van der Waals surface area contributed by atoms with Gasteiger partial charge in [0.05, 0.1) is 29.8 Å². The molecular weight excluding hydrogens is 452 g/mol. The summed E-state index contributed by atoms with van der Waals surface area (Å²) in [4.78, 5) is 27.4. The molecule has 3 aromatic heterocycles. The van der Waals surface area contributed by atoms with Gasteiger partial charge in [0.2, 0.25) is 5.91 Å². The van der Waals surface area contributed by atoms with E-state index < -0.39 is 0 Å². The molecule has 186 valence electrons. The fraction of sp³-hybridized carbons (Fsp3) is 0.429. The number of H-pyrrole nitrogens is 1. The maximum absolute atomic E-state index is 12.9. The van der Waals surface area contributed by atoms with Gasteiger partial charge in [-0.15, -0.1) is 0 Å². The number of amides is 1. The zero-order chi connectivity index (χ0) is 24.8. The molecule has 4 aromatic rings. The summed E-state index contributed by atoms with van der Waals surface area (Å²) in [6, 6.07) is 8.73. The second kappa shape index (κ2) is 9.17. The average molecular weight is 485 g/mol. The third-order valence-electron chi connectivity index (χ3n) is 7.38. The number of aryl methyl sites for hydroxylation is 2. The molecule has 1 fully saturated rings. The van der Waals surface area contributed by atoms with Gasteiger partial charge in [0.15, 0.2) is 0 Å². The van der Waals surface area contributed by atoms with Crippen molar-refractivity contribution in [3.8, 4) is 22.5 Å². The summed E-state index contributed by atoms with van der Waals surface area (Å²) in [7, 11) is 1.91. The number of fused-ring (bicyclic) bond motifs is 2. The number of carbonyl (C=O) groups is 1. The Bertz CT molecular complexity index is 1410. The molecule has 2 aliphatic rings. The van der Waals surface area contributed by atoms with Crippen molar-refractivity contribution in [3.05, 3.63) is 54.1 Å². The average Bonchev–Trinajstić information content (AvgIpc) is 3.46. The van der Waals surface area contributed by atoms with E-state index in [1.54, 1.807) is 11.0 Å². The Hall–Kier alpha value is -3.52. The molecule has 0 saturated carbocycles. The molecule has 1 N–H and O–H groups in total. The van der Waals surface area contributed by atoms with Gasteiger partial charge in [-0.25, -0.2) is 9.97 Å². The largest absolute Gasteiger partial charge is 0.372 e. The van der Waals surface area contributed by atoms with Crippen molar-refractivity contribution in [1.82, 2.24) is 29.6 Å². The molecule has 4 heterocycles. The van der Waals surface area contributed by atoms with Crippen LogP contribution in [0.5, 0.6) is 0 Å². The molecule has 1 aliphatic carbocycles. The summed E-state index contributed by atoms with van der Waals surface area (Å²) >= 11 is 0. The number of hydrogen-bond acceptors (Lipinski definition) is 5. The van der Waals surface area contributed by atoms with Crippen LogP contribution in [0.1, 0.15) is 50.2 Å². The summed E-state index contributed by atoms with van der Waals surface area (Å²) in [5, 5.41) is 5.28. The number of hydrogen-bond donors (Lipinski definition) is 1. The van der Waals surface area contributed by atoms with Crippen LogP contribution in [-0.4, -0.2) is 60.8 Å². The van der Waals surface area contributed by atoms with Crippen molar-refractivity contribution in [2.24, 2.45) is 7.05 Å². The second-order valence-corrected chi connectivity index (χ2v) is 10.4. The number of ether oxygens (including phenoxy) is 1. The minimum atomic E-state index is 0.187. The lowest BCUT2D eigenvalue weighted by Crippen LogP contribution is -2.55. The highest BCUT2D eigenvalue weighted by molar-refractivity contribution is 5.94. The van der Waals surface area contributed by atoms with Crippen LogP contribution in [-0.2, 0) is 23.0 Å². The van der Waals surface area contributed by atoms with Crippen molar-refractivity contribution in [1.29, 1.82) is 0 Å². The van der Waals surface area contributed by atoms with Crippen molar-refractivity contribution in [2.45, 2.75) is 57.7 Å². The first-order chi connectivity index (χ1) is 17.4. The van der Waals surface area contributed by atoms with Gasteiger partial charge in [-0.1, -0.05) is 12.1 Å². The van der Waals surface area contributed by atoms with E-state index >= 15 is 0 Å². The maximum atomic E-state index is 12.9. The number of nitrogens with zero attached hydrogens (tertiary/aromatic N) is 5. The van der Waals surface area contributed by atoms with Crippen LogP contribution in [0.25, 0.3) is 33.5 Å². The highest BCUT2D eigenvalue weighted by Crippen LogP contribution is 2.38. The lowest BCUT2D eigenvalue weighted by molar-refractivity contribution is -0.148. The molecule has 36 heavy (non-hydrogen) atoms. The van der Waals surface area contributed by atoms with Crippen LogP contribution in [0, 0.1) is 0 Å². The highest BCUT2D eigenvalue weighted by Gasteiger charge is 2.34. The Morgan fingerprint density at radius 1 is 1.19 bits per heavy atom. The fourth-order valence-electron chi connectivity index (χ4n) is 5.61. The summed E-state index contributed by atoms with van der Waals surface area (Å²) < 4.78 is 7.61. The van der Waals surface area contributed by atoms with E-state index in [1.165, 1.54) is 11.1 Å². The number of likely N-dealkylation sites (tertiary alicyclic amines) is 1. The third kappa shape index (κ3) is 4.30. The zero-order valence-corrected chi connectivity index (χ0v) is 21.1. The summed E-state index contributed by atoms with van der Waals surface area (Å²) in [5.41, 5.74) is 7.45. The number of rotatable bonds is 6. The van der Waals surface area contributed by atoms with Gasteiger partial charge in [-0.05, 0) is 62.3 Å². The van der Waals surface area contributed by atoms with Gasteiger partial charge in [0.1, 0.15) is 12.0 Å². The standard InChI is InChI=1S/C28H32N6O2/c1-17(2)36-22-14-34(15-22)26(35)10-19-6-4-5-18-9-20(7-8-23(18)19)27-24-11-25(21-12-31-33(3)13-21)32-28(24)30-16-29-27/h7-9,11-13,16-17,19,22H,4-6,10,14-15H2,1-3H3,(H,29,30,32). The number of benzene rings is 1. The highest BCUT2D eigenvalue weighted by atomic mass is 16.5. The van der Waals surface area contributed by atoms with Crippen LogP contribution in [0.3, 0.4) is 0 Å². The molecular formula is C28H32N6O2. The van der Waals surface area contributed by atoms with E-state index in [0.717, 1.165) is 65.9 Å². The maximum Gasteiger partial charge on any atom is 0.223 e. The minimum absolute atomic E-state index is 0.187. The van der Waals surface area contributed by atoms with Crippen LogP contribution < -0.4 is 0 Å². The van der Waals surface area contributed by atoms with Crippen LogP contribution in [0.2, 0.25) is 0 Å². The summed E-state index contributed by atoms with van der Waals surface area (Å²) in [5.74, 6) is 0.517. The predicted octanol–water partition coefficient (Wildman–Crippen LogP) is 4.47. The van der Waals surface area contributed by atoms with E-state index in [0.29, 0.717) is 6.42 Å². The molecule has 0 radical (unpaired) electrons. The first-order valence-electron chi connectivity index (χ1n) is 12.8. The Morgan fingerprint density at radius 3 is 2.83 bits per heavy atom. The second-order valence-electron chi connectivity index (χ2n) is 10.4. The van der Waals surface area contributed by atoms with Gasteiger partial charge < -0.3 is 14.6 Å². The Labute approximate surface area is 210 Å². The minimum Gasteiger partial charge on any atom is -0.372 e. The topological polar surface area (TPSA) is 88.9 Å². The third-order valence-corrected chi connectivity index (χ3v) is 7.38. The molecule has 1 aliphatic heterocycles. The van der Waals surface area contributed by atoms with Crippen LogP contribution in [0.15, 0.2) is 43.0 Å². The Kier molecular flexibility index (Phi) is 5.84. The molecule has 8 heteroatoms. The number of aromatic amines is 1. The van der Waals surface area contributed by atoms with Gasteiger partial charge in [-0.2, -0.15) is 5.10 Å². The van der Waals surface area contributed by atoms with Crippen molar-refractivity contribution in [3.63, 3.8) is 0 Å². The summed E-state index contributed by atoms with van der Waals surface area (Å²) in [6.45, 7) is 5.52. The molecule has 1 atom stereocenters. The molecule has 0 bridgehead atoms. The van der Waals surface area contributed by atoms with E-state index in [-0.39, 0.29) is 24.0 Å². The van der Waals surface area contributed by atoms with E-state index in [4.69, 9.17) is 4.74 Å². The lowest BCUT2D eigenvalue weighted by Gasteiger charge is -2.40. The normalized spacial score (nSPS) is 18.0. The van der Waals surface area contributed by atoms with Gasteiger partial charge >= 0.3 is 0 Å². The molecule has 1 aromatic carbocycles. The first-order valence-corrected chi connectivity index (χ1v) is 12.8. The van der Waals surface area contributed by atoms with Crippen LogP contribution in [0.4, 0.5) is 0 Å². The molecule has 6 rings (SSSR count). The monoisotopic (exact) mass is 484 g/mol. The van der Waals surface area contributed by atoms with Crippen molar-refractivity contribution in [2.75, 3.05) is 13.1 Å². The SMILES string of the molecule is CC(C)OC1CN(C(=O)CC2CCCc3cc(-c4ncnc5[nH]c(-c6cnn(C)c6)cc45)ccc32)C1. The van der Waals surface area contributed by atoms with Crippen molar-refractivity contribution >= 4 is 16.9 Å². The zero-order valence-electron chi connectivity index (χ0n) is 21.1. The van der Waals surface area contributed by atoms with Crippen molar-refractivity contribution < 1.29 is 9.53 Å². The van der Waals surface area contributed by atoms with Gasteiger partial charge in [0.25, 0.3) is 0 Å². The smallest absolute Gasteiger partial charge is 0.223 e. The van der Waals surface area contributed by atoms with E-state index in [1.807, 2.05) is 38.2 Å². The number of carbonyl (C=O) groups excluding carboxylic acids is 1. The van der Waals surface area contributed by atoms with Gasteiger partial charge in [0, 0.05) is 49.3 Å². The quantitative estimate of drug-likeness (QED) is 0.436. The fourth-order valence-corrected chi connectivity index (χ4v) is 5.61. The lowest BCUT2D eigenvalue weighted by atomic mass is 9.79. The number of aromatic nitrogens is 5. The summed E-state index contributed by atoms with van der Waals surface area (Å²) in [6.07, 6.45) is 9.60. The first kappa shape index (κ1) is 22.9. The predicted molar refractivity (Wildman–Crippen MR) is 138 cm³/mol. The van der Waals surface area contributed by atoms with E-state index in [9.17, 15) is 4.79 Å². The molecule has 1 unspecified atom stereocenters. The number of nitrogens with one attached hydrogen (secondary N) is 1. The Morgan fingerprint density at radius 2 is 2.06 bits per heavy atom. The Balaban J connectivity index is 1.23.